The molecule has 1 aliphatic rings. The Kier molecular flexibility index (Phi) is 9.43. The molecular formula is C29H31F3N4O4S. The Morgan fingerprint density at radius 2 is 1.90 bits per heavy atom. The third kappa shape index (κ3) is 7.31. The molecule has 41 heavy (non-hydrogen) atoms. The Bertz CT molecular complexity index is 1420. The number of esters is 1. The van der Waals surface area contributed by atoms with Crippen LogP contribution in [0.2, 0.25) is 0 Å². The van der Waals surface area contributed by atoms with Crippen molar-refractivity contribution in [2.24, 2.45) is 4.99 Å². The number of ether oxygens (including phenoxy) is 3. The van der Waals surface area contributed by atoms with Gasteiger partial charge in [0.25, 0.3) is 0 Å². The van der Waals surface area contributed by atoms with Gasteiger partial charge >= 0.3 is 12.1 Å². The van der Waals surface area contributed by atoms with E-state index in [2.05, 4.69) is 21.9 Å². The molecule has 0 spiro atoms. The summed E-state index contributed by atoms with van der Waals surface area (Å²) >= 11 is 1.39. The number of piperazine rings is 1. The number of nitrogens with one attached hydrogen (secondary N) is 1. The maximum absolute atomic E-state index is 13.6. The lowest BCUT2D eigenvalue weighted by Gasteiger charge is -2.42. The molecule has 1 N–H and O–H groups in total. The van der Waals surface area contributed by atoms with Gasteiger partial charge in [0.1, 0.15) is 11.5 Å². The summed E-state index contributed by atoms with van der Waals surface area (Å²) in [5, 5.41) is 6.74. The molecular weight excluding hydrogens is 557 g/mol. The average molecular weight is 589 g/mol. The molecule has 218 valence electrons. The van der Waals surface area contributed by atoms with Gasteiger partial charge in [0.2, 0.25) is 5.96 Å². The van der Waals surface area contributed by atoms with Gasteiger partial charge in [-0.1, -0.05) is 6.07 Å². The lowest BCUT2D eigenvalue weighted by Crippen LogP contribution is -2.55. The summed E-state index contributed by atoms with van der Waals surface area (Å²) in [4.78, 5) is 20.7. The van der Waals surface area contributed by atoms with Gasteiger partial charge in [0.15, 0.2) is 0 Å². The lowest BCUT2D eigenvalue weighted by molar-refractivity contribution is -0.137. The molecule has 0 unspecified atom stereocenters. The smallest absolute Gasteiger partial charge is 0.416 e. The summed E-state index contributed by atoms with van der Waals surface area (Å²) in [6, 6.07) is 11.1. The molecule has 0 bridgehead atoms. The highest BCUT2D eigenvalue weighted by molar-refractivity contribution is 7.08. The SMILES string of the molecule is COC(=O)/C=C\c1cscc1/N=C(\Nc1cc(C(F)(F)F)ccc1OC)N1CCN(c2cccc(OC)c2)[C@H](C)C1. The zero-order valence-electron chi connectivity index (χ0n) is 23.1. The van der Waals surface area contributed by atoms with Crippen molar-refractivity contribution in [3.63, 3.8) is 0 Å². The molecule has 2 heterocycles. The number of rotatable bonds is 7. The van der Waals surface area contributed by atoms with Gasteiger partial charge < -0.3 is 29.3 Å². The first-order chi connectivity index (χ1) is 19.6. The van der Waals surface area contributed by atoms with Gasteiger partial charge in [-0.05, 0) is 43.3 Å². The van der Waals surface area contributed by atoms with Crippen LogP contribution in [0.1, 0.15) is 18.1 Å². The van der Waals surface area contributed by atoms with E-state index in [4.69, 9.17) is 14.5 Å². The van der Waals surface area contributed by atoms with E-state index < -0.39 is 17.7 Å². The number of anilines is 2. The zero-order chi connectivity index (χ0) is 29.6. The molecule has 12 heteroatoms. The molecule has 4 rings (SSSR count). The van der Waals surface area contributed by atoms with Crippen LogP contribution in [0.5, 0.6) is 11.5 Å². The minimum absolute atomic E-state index is 0.0347. The monoisotopic (exact) mass is 588 g/mol. The highest BCUT2D eigenvalue weighted by atomic mass is 32.1. The van der Waals surface area contributed by atoms with Crippen molar-refractivity contribution < 1.29 is 32.2 Å². The number of nitrogens with zero attached hydrogens (tertiary/aromatic N) is 3. The molecule has 0 radical (unpaired) electrons. The Morgan fingerprint density at radius 3 is 2.59 bits per heavy atom. The normalized spacial score (nSPS) is 16.2. The molecule has 8 nitrogen and oxygen atoms in total. The fourth-order valence-corrected chi connectivity index (χ4v) is 5.19. The number of carbonyl (C=O) groups excluding carboxylic acids is 1. The molecule has 0 aliphatic carbocycles. The molecule has 1 atom stereocenters. The molecule has 1 aromatic heterocycles. The second-order valence-electron chi connectivity index (χ2n) is 9.23. The summed E-state index contributed by atoms with van der Waals surface area (Å²) in [5.74, 6) is 0.833. The standard InChI is InChI=1S/C29H31F3N4O4S/c1-19-16-35(12-13-36(19)22-6-5-7-23(15-22)38-2)28(34-25-18-41-17-20(25)8-11-27(37)40-4)33-24-14-21(29(30,31)32)9-10-26(24)39-3/h5-11,14-15,17-19H,12-13,16H2,1-4H3,(H,33,34)/b11-8-/t19-/m1/s1. The zero-order valence-corrected chi connectivity index (χ0v) is 23.9. The van der Waals surface area contributed by atoms with Gasteiger partial charge in [0.05, 0.1) is 38.3 Å². The fraction of sp³-hybridized carbons (Fsp3) is 0.310. The topological polar surface area (TPSA) is 75.6 Å². The number of hydrogen-bond donors (Lipinski definition) is 1. The molecule has 0 saturated carbocycles. The van der Waals surface area contributed by atoms with Crippen LogP contribution in [0.3, 0.4) is 0 Å². The fourth-order valence-electron chi connectivity index (χ4n) is 4.46. The van der Waals surface area contributed by atoms with Gasteiger partial charge in [-0.25, -0.2) is 9.79 Å². The summed E-state index contributed by atoms with van der Waals surface area (Å²) < 4.78 is 56.2. The van der Waals surface area contributed by atoms with Gasteiger partial charge in [-0.15, -0.1) is 11.3 Å². The van der Waals surface area contributed by atoms with E-state index in [1.165, 1.54) is 37.7 Å². The maximum Gasteiger partial charge on any atom is 0.416 e. The minimum Gasteiger partial charge on any atom is -0.497 e. The van der Waals surface area contributed by atoms with Crippen LogP contribution < -0.4 is 19.7 Å². The second-order valence-corrected chi connectivity index (χ2v) is 9.98. The molecule has 2 aromatic carbocycles. The minimum atomic E-state index is -4.53. The number of halogens is 3. The summed E-state index contributed by atoms with van der Waals surface area (Å²) in [6.07, 6.45) is -1.65. The van der Waals surface area contributed by atoms with Crippen LogP contribution in [0.25, 0.3) is 6.08 Å². The van der Waals surface area contributed by atoms with Crippen LogP contribution >= 0.6 is 11.3 Å². The van der Waals surface area contributed by atoms with Crippen molar-refractivity contribution in [2.45, 2.75) is 19.1 Å². The number of methoxy groups -OCH3 is 3. The highest BCUT2D eigenvalue weighted by Gasteiger charge is 2.32. The van der Waals surface area contributed by atoms with Crippen molar-refractivity contribution >= 4 is 46.4 Å². The number of hydrogen-bond acceptors (Lipinski definition) is 7. The van der Waals surface area contributed by atoms with Gasteiger partial charge in [-0.2, -0.15) is 13.2 Å². The van der Waals surface area contributed by atoms with Gasteiger partial charge in [0, 0.05) is 59.8 Å². The first-order valence-electron chi connectivity index (χ1n) is 12.7. The van der Waals surface area contributed by atoms with Crippen molar-refractivity contribution in [1.82, 2.24) is 4.90 Å². The Labute approximate surface area is 240 Å². The van der Waals surface area contributed by atoms with E-state index in [0.717, 1.165) is 23.6 Å². The molecule has 1 aliphatic heterocycles. The summed E-state index contributed by atoms with van der Waals surface area (Å²) in [5.41, 5.74) is 1.54. The van der Waals surface area contributed by atoms with Crippen LogP contribution in [-0.2, 0) is 15.7 Å². The number of aliphatic imine (C=N–C) groups is 1. The first kappa shape index (κ1) is 29.8. The Hall–Kier alpha value is -4.19. The van der Waals surface area contributed by atoms with Crippen molar-refractivity contribution in [2.75, 3.05) is 51.2 Å². The van der Waals surface area contributed by atoms with E-state index in [9.17, 15) is 18.0 Å². The molecule has 1 fully saturated rings. The first-order valence-corrected chi connectivity index (χ1v) is 13.7. The maximum atomic E-state index is 13.6. The largest absolute Gasteiger partial charge is 0.497 e. The predicted octanol–water partition coefficient (Wildman–Crippen LogP) is 6.28. The van der Waals surface area contributed by atoms with Crippen LogP contribution in [-0.4, -0.2) is 63.8 Å². The number of carbonyl (C=O) groups is 1. The van der Waals surface area contributed by atoms with E-state index in [-0.39, 0.29) is 17.5 Å². The lowest BCUT2D eigenvalue weighted by atomic mass is 10.1. The second kappa shape index (κ2) is 13.0. The predicted molar refractivity (Wildman–Crippen MR) is 155 cm³/mol. The van der Waals surface area contributed by atoms with Crippen molar-refractivity contribution in [3.05, 3.63) is 70.4 Å². The molecule has 3 aromatic rings. The molecule has 1 saturated heterocycles. The Balaban J connectivity index is 1.70. The third-order valence-corrected chi connectivity index (χ3v) is 7.33. The number of alkyl halides is 3. The van der Waals surface area contributed by atoms with E-state index in [0.29, 0.717) is 36.8 Å². The molecule has 0 amide bonds. The van der Waals surface area contributed by atoms with Gasteiger partial charge in [-0.3, -0.25) is 0 Å². The number of guanidine groups is 1. The van der Waals surface area contributed by atoms with E-state index >= 15 is 0 Å². The third-order valence-electron chi connectivity index (χ3n) is 6.58. The van der Waals surface area contributed by atoms with Crippen molar-refractivity contribution in [1.29, 1.82) is 0 Å². The van der Waals surface area contributed by atoms with Crippen LogP contribution in [0.15, 0.2) is 64.3 Å². The summed E-state index contributed by atoms with van der Waals surface area (Å²) in [7, 11) is 4.31. The van der Waals surface area contributed by atoms with Crippen LogP contribution in [0.4, 0.5) is 30.2 Å². The highest BCUT2D eigenvalue weighted by Crippen LogP contribution is 2.36. The number of benzene rings is 2. The Morgan fingerprint density at radius 1 is 1.10 bits per heavy atom. The van der Waals surface area contributed by atoms with Crippen molar-refractivity contribution in [3.8, 4) is 11.5 Å². The quantitative estimate of drug-likeness (QED) is 0.151. The number of thiophene rings is 1. The van der Waals surface area contributed by atoms with Crippen LogP contribution in [0, 0.1) is 0 Å². The van der Waals surface area contributed by atoms with E-state index in [1.807, 2.05) is 34.5 Å². The average Bonchev–Trinajstić information content (AvgIpc) is 3.41. The summed E-state index contributed by atoms with van der Waals surface area (Å²) in [6.45, 7) is 3.77. The van der Waals surface area contributed by atoms with E-state index in [1.54, 1.807) is 18.6 Å².